The summed E-state index contributed by atoms with van der Waals surface area (Å²) >= 11 is 0. The average molecular weight is 304 g/mol. The van der Waals surface area contributed by atoms with Crippen LogP contribution in [0.2, 0.25) is 0 Å². The molecule has 2 atom stereocenters. The van der Waals surface area contributed by atoms with Gasteiger partial charge in [0.05, 0.1) is 6.04 Å². The van der Waals surface area contributed by atoms with Gasteiger partial charge in [-0.05, 0) is 37.8 Å². The SMILES string of the molecule is CC(NC(=O)c1ccccc1)C(O)C(=O)NCC1CCCC1. The Labute approximate surface area is 131 Å². The first-order valence-electron chi connectivity index (χ1n) is 7.89. The molecule has 120 valence electrons. The zero-order valence-corrected chi connectivity index (χ0v) is 12.9. The molecule has 2 amide bonds. The maximum absolute atomic E-state index is 12.0. The summed E-state index contributed by atoms with van der Waals surface area (Å²) in [7, 11) is 0. The second kappa shape index (κ2) is 7.94. The third-order valence-corrected chi connectivity index (χ3v) is 4.18. The van der Waals surface area contributed by atoms with Gasteiger partial charge in [-0.2, -0.15) is 0 Å². The van der Waals surface area contributed by atoms with E-state index in [1.165, 1.54) is 12.8 Å². The van der Waals surface area contributed by atoms with E-state index in [1.54, 1.807) is 31.2 Å². The van der Waals surface area contributed by atoms with Crippen molar-refractivity contribution in [1.82, 2.24) is 10.6 Å². The largest absolute Gasteiger partial charge is 0.381 e. The second-order valence-electron chi connectivity index (χ2n) is 5.97. The molecular weight excluding hydrogens is 280 g/mol. The van der Waals surface area contributed by atoms with E-state index in [-0.39, 0.29) is 5.91 Å². The third kappa shape index (κ3) is 4.56. The van der Waals surface area contributed by atoms with Gasteiger partial charge in [-0.15, -0.1) is 0 Å². The average Bonchev–Trinajstić information content (AvgIpc) is 3.06. The van der Waals surface area contributed by atoms with Crippen LogP contribution in [0.3, 0.4) is 0 Å². The molecule has 0 aromatic heterocycles. The molecule has 3 N–H and O–H groups in total. The van der Waals surface area contributed by atoms with Crippen molar-refractivity contribution >= 4 is 11.8 Å². The van der Waals surface area contributed by atoms with Crippen LogP contribution in [-0.2, 0) is 4.79 Å². The van der Waals surface area contributed by atoms with Gasteiger partial charge in [0.1, 0.15) is 0 Å². The summed E-state index contributed by atoms with van der Waals surface area (Å²) < 4.78 is 0. The lowest BCUT2D eigenvalue weighted by molar-refractivity contribution is -0.130. The van der Waals surface area contributed by atoms with Gasteiger partial charge in [0.15, 0.2) is 6.10 Å². The van der Waals surface area contributed by atoms with Crippen LogP contribution in [0.25, 0.3) is 0 Å². The smallest absolute Gasteiger partial charge is 0.251 e. The number of nitrogens with one attached hydrogen (secondary N) is 2. The minimum atomic E-state index is -1.24. The maximum Gasteiger partial charge on any atom is 0.251 e. The highest BCUT2D eigenvalue weighted by Gasteiger charge is 2.25. The van der Waals surface area contributed by atoms with Gasteiger partial charge in [-0.1, -0.05) is 31.0 Å². The first-order chi connectivity index (χ1) is 10.6. The number of carbonyl (C=O) groups excluding carboxylic acids is 2. The van der Waals surface area contributed by atoms with Crippen LogP contribution in [0.4, 0.5) is 0 Å². The molecule has 1 aromatic rings. The van der Waals surface area contributed by atoms with E-state index in [0.717, 1.165) is 12.8 Å². The molecule has 0 heterocycles. The van der Waals surface area contributed by atoms with E-state index in [4.69, 9.17) is 0 Å². The Hall–Kier alpha value is -1.88. The molecule has 22 heavy (non-hydrogen) atoms. The minimum Gasteiger partial charge on any atom is -0.381 e. The van der Waals surface area contributed by atoms with Crippen LogP contribution in [0.1, 0.15) is 43.0 Å². The highest BCUT2D eigenvalue weighted by Crippen LogP contribution is 2.23. The molecule has 0 bridgehead atoms. The topological polar surface area (TPSA) is 78.4 Å². The second-order valence-corrected chi connectivity index (χ2v) is 5.97. The summed E-state index contributed by atoms with van der Waals surface area (Å²) in [4.78, 5) is 23.9. The molecule has 1 aliphatic rings. The lowest BCUT2D eigenvalue weighted by atomic mass is 10.1. The monoisotopic (exact) mass is 304 g/mol. The Morgan fingerprint density at radius 2 is 1.86 bits per heavy atom. The van der Waals surface area contributed by atoms with Crippen molar-refractivity contribution in [3.8, 4) is 0 Å². The summed E-state index contributed by atoms with van der Waals surface area (Å²) in [5, 5.41) is 15.5. The minimum absolute atomic E-state index is 0.296. The first kappa shape index (κ1) is 16.5. The van der Waals surface area contributed by atoms with Crippen molar-refractivity contribution in [1.29, 1.82) is 0 Å². The highest BCUT2D eigenvalue weighted by atomic mass is 16.3. The molecule has 1 fully saturated rings. The standard InChI is InChI=1S/C17H24N2O3/c1-12(19-16(21)14-9-3-2-4-10-14)15(20)17(22)18-11-13-7-5-6-8-13/h2-4,9-10,12-13,15,20H,5-8,11H2,1H3,(H,18,22)(H,19,21). The predicted octanol–water partition coefficient (Wildman–Crippen LogP) is 1.47. The van der Waals surface area contributed by atoms with Crippen molar-refractivity contribution in [2.24, 2.45) is 5.92 Å². The molecule has 0 radical (unpaired) electrons. The molecule has 1 aliphatic carbocycles. The van der Waals surface area contributed by atoms with E-state index in [0.29, 0.717) is 18.0 Å². The van der Waals surface area contributed by atoms with E-state index >= 15 is 0 Å². The Bertz CT molecular complexity index is 498. The summed E-state index contributed by atoms with van der Waals surface area (Å²) in [6.07, 6.45) is 3.46. The Balaban J connectivity index is 1.79. The number of carbonyl (C=O) groups is 2. The van der Waals surface area contributed by atoms with Crippen molar-refractivity contribution in [3.05, 3.63) is 35.9 Å². The van der Waals surface area contributed by atoms with E-state index in [9.17, 15) is 14.7 Å². The first-order valence-corrected chi connectivity index (χ1v) is 7.89. The van der Waals surface area contributed by atoms with Crippen LogP contribution in [-0.4, -0.2) is 35.6 Å². The van der Waals surface area contributed by atoms with Crippen molar-refractivity contribution in [3.63, 3.8) is 0 Å². The molecule has 2 rings (SSSR count). The number of hydrogen-bond donors (Lipinski definition) is 3. The Morgan fingerprint density at radius 1 is 1.23 bits per heavy atom. The van der Waals surface area contributed by atoms with Crippen molar-refractivity contribution < 1.29 is 14.7 Å². The number of aliphatic hydroxyl groups excluding tert-OH is 1. The molecule has 0 saturated heterocycles. The molecule has 1 saturated carbocycles. The van der Waals surface area contributed by atoms with Crippen molar-refractivity contribution in [2.75, 3.05) is 6.54 Å². The quantitative estimate of drug-likeness (QED) is 0.745. The molecule has 1 aromatic carbocycles. The zero-order chi connectivity index (χ0) is 15.9. The van der Waals surface area contributed by atoms with Gasteiger partial charge in [0.25, 0.3) is 11.8 Å². The number of aliphatic hydroxyl groups is 1. The van der Waals surface area contributed by atoms with Gasteiger partial charge in [0.2, 0.25) is 0 Å². The van der Waals surface area contributed by atoms with Gasteiger partial charge < -0.3 is 15.7 Å². The van der Waals surface area contributed by atoms with Crippen molar-refractivity contribution in [2.45, 2.75) is 44.8 Å². The van der Waals surface area contributed by atoms with Crippen LogP contribution < -0.4 is 10.6 Å². The third-order valence-electron chi connectivity index (χ3n) is 4.18. The summed E-state index contributed by atoms with van der Waals surface area (Å²) in [6, 6.07) is 8.10. The molecule has 0 spiro atoms. The fourth-order valence-corrected chi connectivity index (χ4v) is 2.75. The molecule has 0 aliphatic heterocycles. The van der Waals surface area contributed by atoms with E-state index < -0.39 is 18.1 Å². The van der Waals surface area contributed by atoms with E-state index in [1.807, 2.05) is 6.07 Å². The molecule has 5 heteroatoms. The lowest BCUT2D eigenvalue weighted by Gasteiger charge is -2.20. The summed E-state index contributed by atoms with van der Waals surface area (Å²) in [6.45, 7) is 2.23. The van der Waals surface area contributed by atoms with E-state index in [2.05, 4.69) is 10.6 Å². The normalized spacial score (nSPS) is 17.7. The fraction of sp³-hybridized carbons (Fsp3) is 0.529. The molecule has 2 unspecified atom stereocenters. The molecule has 5 nitrogen and oxygen atoms in total. The number of amides is 2. The van der Waals surface area contributed by atoms with Gasteiger partial charge in [0, 0.05) is 12.1 Å². The Kier molecular flexibility index (Phi) is 5.95. The maximum atomic E-state index is 12.0. The van der Waals surface area contributed by atoms with Gasteiger partial charge in [-0.25, -0.2) is 0 Å². The van der Waals surface area contributed by atoms with Gasteiger partial charge in [-0.3, -0.25) is 9.59 Å². The molecular formula is C17H24N2O3. The highest BCUT2D eigenvalue weighted by molar-refractivity contribution is 5.94. The van der Waals surface area contributed by atoms with Crippen LogP contribution >= 0.6 is 0 Å². The predicted molar refractivity (Wildman–Crippen MR) is 84.3 cm³/mol. The summed E-state index contributed by atoms with van der Waals surface area (Å²) in [5.74, 6) is -0.200. The fourth-order valence-electron chi connectivity index (χ4n) is 2.75. The van der Waals surface area contributed by atoms with Crippen LogP contribution in [0.5, 0.6) is 0 Å². The van der Waals surface area contributed by atoms with Crippen LogP contribution in [0.15, 0.2) is 30.3 Å². The zero-order valence-electron chi connectivity index (χ0n) is 12.9. The Morgan fingerprint density at radius 3 is 2.50 bits per heavy atom. The number of rotatable bonds is 6. The lowest BCUT2D eigenvalue weighted by Crippen LogP contribution is -2.49. The van der Waals surface area contributed by atoms with Gasteiger partial charge >= 0.3 is 0 Å². The number of benzene rings is 1. The summed E-state index contributed by atoms with van der Waals surface area (Å²) in [5.41, 5.74) is 0.507. The number of hydrogen-bond acceptors (Lipinski definition) is 3. The van der Waals surface area contributed by atoms with Crippen LogP contribution in [0, 0.1) is 5.92 Å².